The van der Waals surface area contributed by atoms with Gasteiger partial charge in [-0.1, -0.05) is 5.16 Å². The Morgan fingerprint density at radius 1 is 1.64 bits per heavy atom. The van der Waals surface area contributed by atoms with Gasteiger partial charge in [-0.05, 0) is 19.1 Å². The molecule has 0 aliphatic rings. The van der Waals surface area contributed by atoms with Crippen molar-refractivity contribution < 1.29 is 4.52 Å². The molecule has 0 spiro atoms. The zero-order valence-electron chi connectivity index (χ0n) is 7.77. The second-order valence-electron chi connectivity index (χ2n) is 3.07. The van der Waals surface area contributed by atoms with Crippen LogP contribution in [0.4, 0.5) is 0 Å². The maximum atomic E-state index is 8.77. The summed E-state index contributed by atoms with van der Waals surface area (Å²) in [6.07, 6.45) is 1.84. The van der Waals surface area contributed by atoms with Crippen LogP contribution in [0, 0.1) is 18.3 Å². The summed E-state index contributed by atoms with van der Waals surface area (Å²) in [5.74, 6) is 0.759. The largest absolute Gasteiger partial charge is 0.359 e. The van der Waals surface area contributed by atoms with Crippen molar-refractivity contribution in [2.24, 2.45) is 0 Å². The van der Waals surface area contributed by atoms with Crippen LogP contribution in [-0.2, 0) is 6.54 Å². The predicted octanol–water partition coefficient (Wildman–Crippen LogP) is 1.70. The van der Waals surface area contributed by atoms with Gasteiger partial charge in [0.15, 0.2) is 5.76 Å². The van der Waals surface area contributed by atoms with E-state index in [4.69, 9.17) is 9.78 Å². The lowest BCUT2D eigenvalue weighted by atomic mass is 10.4. The molecule has 14 heavy (non-hydrogen) atoms. The van der Waals surface area contributed by atoms with Crippen molar-refractivity contribution in [1.82, 2.24) is 9.72 Å². The maximum absolute atomic E-state index is 8.77. The molecule has 0 fully saturated rings. The van der Waals surface area contributed by atoms with E-state index in [9.17, 15) is 0 Å². The number of aromatic nitrogens is 2. The summed E-state index contributed by atoms with van der Waals surface area (Å²) >= 11 is 0. The van der Waals surface area contributed by atoms with E-state index in [1.54, 1.807) is 6.07 Å². The summed E-state index contributed by atoms with van der Waals surface area (Å²) in [4.78, 5) is 0. The maximum Gasteiger partial charge on any atom is 0.156 e. The molecular weight excluding hydrogens is 178 g/mol. The van der Waals surface area contributed by atoms with Crippen molar-refractivity contribution in [3.8, 4) is 6.07 Å². The molecule has 0 aliphatic carbocycles. The van der Waals surface area contributed by atoms with Gasteiger partial charge in [0.2, 0.25) is 0 Å². The average Bonchev–Trinajstić information content (AvgIpc) is 2.76. The zero-order valence-corrected chi connectivity index (χ0v) is 7.77. The number of aryl methyl sites for hydroxylation is 1. The Morgan fingerprint density at radius 3 is 3.14 bits per heavy atom. The van der Waals surface area contributed by atoms with Crippen molar-refractivity contribution in [3.63, 3.8) is 0 Å². The van der Waals surface area contributed by atoms with Crippen molar-refractivity contribution in [1.29, 1.82) is 5.26 Å². The monoisotopic (exact) mass is 187 g/mol. The quantitative estimate of drug-likeness (QED) is 0.719. The molecule has 0 N–H and O–H groups in total. The van der Waals surface area contributed by atoms with E-state index < -0.39 is 0 Å². The van der Waals surface area contributed by atoms with Crippen LogP contribution in [0.1, 0.15) is 17.1 Å². The molecular formula is C10H9N3O. The van der Waals surface area contributed by atoms with E-state index >= 15 is 0 Å². The van der Waals surface area contributed by atoms with E-state index in [1.165, 1.54) is 0 Å². The first-order valence-electron chi connectivity index (χ1n) is 4.27. The van der Waals surface area contributed by atoms with Crippen molar-refractivity contribution in [2.75, 3.05) is 0 Å². The fraction of sp³-hybridized carbons (Fsp3) is 0.200. The Balaban J connectivity index is 2.23. The predicted molar refractivity (Wildman–Crippen MR) is 49.5 cm³/mol. The first-order valence-corrected chi connectivity index (χ1v) is 4.27. The average molecular weight is 187 g/mol. The first-order chi connectivity index (χ1) is 6.79. The SMILES string of the molecule is Cc1cc(Cn2cccc2C#N)on1. The Labute approximate surface area is 81.4 Å². The number of nitriles is 1. The summed E-state index contributed by atoms with van der Waals surface area (Å²) in [5.41, 5.74) is 1.48. The molecule has 0 saturated carbocycles. The third kappa shape index (κ3) is 1.52. The third-order valence-corrected chi connectivity index (χ3v) is 1.95. The Bertz CT molecular complexity index is 476. The molecule has 0 unspecified atom stereocenters. The lowest BCUT2D eigenvalue weighted by molar-refractivity contribution is 0.373. The van der Waals surface area contributed by atoms with E-state index in [-0.39, 0.29) is 0 Å². The number of rotatable bonds is 2. The van der Waals surface area contributed by atoms with E-state index in [0.29, 0.717) is 12.2 Å². The second-order valence-corrected chi connectivity index (χ2v) is 3.07. The van der Waals surface area contributed by atoms with Gasteiger partial charge in [-0.3, -0.25) is 0 Å². The van der Waals surface area contributed by atoms with Gasteiger partial charge < -0.3 is 9.09 Å². The normalized spacial score (nSPS) is 10.0. The number of nitrogens with zero attached hydrogens (tertiary/aromatic N) is 3. The van der Waals surface area contributed by atoms with E-state index in [0.717, 1.165) is 11.5 Å². The van der Waals surface area contributed by atoms with Crippen LogP contribution in [0.25, 0.3) is 0 Å². The molecule has 4 nitrogen and oxygen atoms in total. The van der Waals surface area contributed by atoms with Gasteiger partial charge in [-0.15, -0.1) is 0 Å². The fourth-order valence-corrected chi connectivity index (χ4v) is 1.31. The minimum absolute atomic E-state index is 0.552. The van der Waals surface area contributed by atoms with Crippen LogP contribution in [0.2, 0.25) is 0 Å². The lowest BCUT2D eigenvalue weighted by Gasteiger charge is -1.99. The zero-order chi connectivity index (χ0) is 9.97. The fourth-order valence-electron chi connectivity index (χ4n) is 1.31. The lowest BCUT2D eigenvalue weighted by Crippen LogP contribution is -1.99. The molecule has 0 amide bonds. The Hall–Kier alpha value is -2.02. The molecule has 0 aromatic carbocycles. The van der Waals surface area contributed by atoms with Gasteiger partial charge in [0.05, 0.1) is 12.2 Å². The number of hydrogen-bond acceptors (Lipinski definition) is 3. The highest BCUT2D eigenvalue weighted by molar-refractivity contribution is 5.23. The standard InChI is InChI=1S/C10H9N3O/c1-8-5-10(14-12-8)7-13-4-2-3-9(13)6-11/h2-5H,7H2,1H3. The molecule has 70 valence electrons. The van der Waals surface area contributed by atoms with Gasteiger partial charge in [0.25, 0.3) is 0 Å². The molecule has 2 aromatic heterocycles. The molecule has 0 atom stereocenters. The minimum Gasteiger partial charge on any atom is -0.359 e. The van der Waals surface area contributed by atoms with Gasteiger partial charge in [-0.25, -0.2) is 0 Å². The molecule has 2 rings (SSSR count). The van der Waals surface area contributed by atoms with Crippen LogP contribution in [0.3, 0.4) is 0 Å². The van der Waals surface area contributed by atoms with E-state index in [2.05, 4.69) is 11.2 Å². The Kier molecular flexibility index (Phi) is 2.07. The topological polar surface area (TPSA) is 54.8 Å². The number of hydrogen-bond donors (Lipinski definition) is 0. The molecule has 0 radical (unpaired) electrons. The van der Waals surface area contributed by atoms with Gasteiger partial charge in [0, 0.05) is 12.3 Å². The molecule has 2 heterocycles. The summed E-state index contributed by atoms with van der Waals surface area (Å²) in [6, 6.07) is 7.57. The highest BCUT2D eigenvalue weighted by Crippen LogP contribution is 2.08. The van der Waals surface area contributed by atoms with Crippen molar-refractivity contribution in [2.45, 2.75) is 13.5 Å². The highest BCUT2D eigenvalue weighted by Gasteiger charge is 2.04. The van der Waals surface area contributed by atoms with Crippen LogP contribution >= 0.6 is 0 Å². The van der Waals surface area contributed by atoms with Gasteiger partial charge in [0.1, 0.15) is 11.8 Å². The minimum atomic E-state index is 0.552. The molecule has 0 aliphatic heterocycles. The van der Waals surface area contributed by atoms with Crippen LogP contribution in [0.15, 0.2) is 28.9 Å². The summed E-state index contributed by atoms with van der Waals surface area (Å²) in [5, 5.41) is 12.6. The molecule has 4 heteroatoms. The van der Waals surface area contributed by atoms with Crippen LogP contribution in [-0.4, -0.2) is 9.72 Å². The van der Waals surface area contributed by atoms with Crippen LogP contribution < -0.4 is 0 Å². The Morgan fingerprint density at radius 2 is 2.50 bits per heavy atom. The van der Waals surface area contributed by atoms with Crippen molar-refractivity contribution in [3.05, 3.63) is 41.5 Å². The van der Waals surface area contributed by atoms with Gasteiger partial charge >= 0.3 is 0 Å². The summed E-state index contributed by atoms with van der Waals surface area (Å²) in [6.45, 7) is 2.42. The smallest absolute Gasteiger partial charge is 0.156 e. The first kappa shape index (κ1) is 8.57. The highest BCUT2D eigenvalue weighted by atomic mass is 16.5. The third-order valence-electron chi connectivity index (χ3n) is 1.95. The second kappa shape index (κ2) is 3.38. The molecule has 0 bridgehead atoms. The van der Waals surface area contributed by atoms with Crippen LogP contribution in [0.5, 0.6) is 0 Å². The molecule has 0 saturated heterocycles. The van der Waals surface area contributed by atoms with E-state index in [1.807, 2.05) is 29.8 Å². The summed E-state index contributed by atoms with van der Waals surface area (Å²) in [7, 11) is 0. The summed E-state index contributed by atoms with van der Waals surface area (Å²) < 4.78 is 6.88. The molecule has 2 aromatic rings. The van der Waals surface area contributed by atoms with Gasteiger partial charge in [-0.2, -0.15) is 5.26 Å². The van der Waals surface area contributed by atoms with Crippen molar-refractivity contribution >= 4 is 0 Å².